The topological polar surface area (TPSA) is 180 Å². The number of nitriles is 1. The van der Waals surface area contributed by atoms with Crippen LogP contribution in [0.3, 0.4) is 0 Å². The molecule has 0 heterocycles. The van der Waals surface area contributed by atoms with Gasteiger partial charge in [0.05, 0.1) is 18.6 Å². The molecule has 0 aromatic heterocycles. The number of aliphatic imine (C=N–C) groups is 2. The molecule has 0 radical (unpaired) electrons. The van der Waals surface area contributed by atoms with Crippen molar-refractivity contribution in [2.24, 2.45) is 15.7 Å². The van der Waals surface area contributed by atoms with Crippen molar-refractivity contribution in [2.75, 3.05) is 26.1 Å². The first-order chi connectivity index (χ1) is 14.2. The van der Waals surface area contributed by atoms with Crippen molar-refractivity contribution < 1.29 is 19.2 Å². The Morgan fingerprint density at radius 2 is 2.20 bits per heavy atom. The number of methoxy groups -OCH3 is 1. The molecule has 1 unspecified atom stereocenters. The Balaban J connectivity index is 3.30. The molecule has 1 atom stereocenters. The zero-order valence-electron chi connectivity index (χ0n) is 17.1. The number of carbonyl (C=O) groups is 1. The van der Waals surface area contributed by atoms with Crippen LogP contribution in [0.4, 0.5) is 16.2 Å². The standard InChI is InChI=1S/C17H24N8O5/c1-5-8-30-12-6-7-14(25(27)28)13(9-12)22-16(23-17(26)29-4)21-11(2)24(3)15(19)20-10-18/h6-7,9,11H,5,8H2,1-4H3,(H2,19,20)(H2,21,22,23,26). The summed E-state index contributed by atoms with van der Waals surface area (Å²) >= 11 is 0. The summed E-state index contributed by atoms with van der Waals surface area (Å²) in [5.41, 5.74) is 5.44. The molecule has 13 nitrogen and oxygen atoms in total. The summed E-state index contributed by atoms with van der Waals surface area (Å²) in [6.07, 6.45) is 0.756. The van der Waals surface area contributed by atoms with Crippen molar-refractivity contribution in [3.63, 3.8) is 0 Å². The quantitative estimate of drug-likeness (QED) is 0.194. The van der Waals surface area contributed by atoms with Crippen molar-refractivity contribution in [1.82, 2.24) is 10.2 Å². The minimum absolute atomic E-state index is 0.0391. The maximum absolute atomic E-state index is 11.7. The minimum Gasteiger partial charge on any atom is -0.494 e. The van der Waals surface area contributed by atoms with Crippen LogP contribution in [-0.2, 0) is 4.74 Å². The summed E-state index contributed by atoms with van der Waals surface area (Å²) in [6.45, 7) is 3.96. The number of nitrogens with one attached hydrogen (secondary N) is 2. The third-order valence-electron chi connectivity index (χ3n) is 3.70. The molecule has 1 amide bonds. The maximum atomic E-state index is 11.7. The average molecular weight is 420 g/mol. The molecule has 0 saturated heterocycles. The summed E-state index contributed by atoms with van der Waals surface area (Å²) in [5.74, 6) is 0.145. The van der Waals surface area contributed by atoms with Gasteiger partial charge in [0.25, 0.3) is 5.69 Å². The van der Waals surface area contributed by atoms with E-state index >= 15 is 0 Å². The van der Waals surface area contributed by atoms with Crippen LogP contribution in [0.2, 0.25) is 0 Å². The fourth-order valence-electron chi connectivity index (χ4n) is 2.05. The van der Waals surface area contributed by atoms with Gasteiger partial charge >= 0.3 is 6.09 Å². The molecule has 1 aromatic rings. The van der Waals surface area contributed by atoms with Crippen molar-refractivity contribution in [3.8, 4) is 11.9 Å². The lowest BCUT2D eigenvalue weighted by molar-refractivity contribution is -0.383. The third-order valence-corrected chi connectivity index (χ3v) is 3.70. The molecule has 1 rings (SSSR count). The number of nitrogens with two attached hydrogens (primary N) is 1. The van der Waals surface area contributed by atoms with Gasteiger partial charge in [-0.25, -0.2) is 9.79 Å². The van der Waals surface area contributed by atoms with Crippen molar-refractivity contribution in [1.29, 1.82) is 5.26 Å². The van der Waals surface area contributed by atoms with Gasteiger partial charge in [0, 0.05) is 19.2 Å². The first-order valence-electron chi connectivity index (χ1n) is 8.79. The summed E-state index contributed by atoms with van der Waals surface area (Å²) in [5, 5.41) is 25.1. The number of guanidine groups is 2. The van der Waals surface area contributed by atoms with Crippen molar-refractivity contribution in [3.05, 3.63) is 28.3 Å². The molecular formula is C17H24N8O5. The molecule has 0 aliphatic carbocycles. The summed E-state index contributed by atoms with van der Waals surface area (Å²) in [7, 11) is 2.68. The molecule has 0 saturated carbocycles. The lowest BCUT2D eigenvalue weighted by Crippen LogP contribution is -2.43. The number of carbonyl (C=O) groups excluding carboxylic acids is 1. The molecule has 0 aliphatic rings. The smallest absolute Gasteiger partial charge is 0.413 e. The number of hydrogen-bond acceptors (Lipinski definition) is 8. The molecular weight excluding hydrogens is 396 g/mol. The zero-order valence-corrected chi connectivity index (χ0v) is 17.1. The molecule has 162 valence electrons. The molecule has 13 heteroatoms. The van der Waals surface area contributed by atoms with Crippen molar-refractivity contribution >= 4 is 29.4 Å². The predicted octanol–water partition coefficient (Wildman–Crippen LogP) is 1.58. The fraction of sp³-hybridized carbons (Fsp3) is 0.412. The second-order valence-electron chi connectivity index (χ2n) is 5.82. The monoisotopic (exact) mass is 420 g/mol. The number of hydrogen-bond donors (Lipinski definition) is 3. The van der Waals surface area contributed by atoms with Gasteiger partial charge in [-0.1, -0.05) is 6.92 Å². The van der Waals surface area contributed by atoms with Gasteiger partial charge in [-0.3, -0.25) is 15.4 Å². The van der Waals surface area contributed by atoms with Crippen LogP contribution in [0.25, 0.3) is 0 Å². The minimum atomic E-state index is -0.851. The number of nitrogens with zero attached hydrogens (tertiary/aromatic N) is 5. The van der Waals surface area contributed by atoms with Gasteiger partial charge in [0.15, 0.2) is 0 Å². The van der Waals surface area contributed by atoms with Gasteiger partial charge in [-0.2, -0.15) is 5.26 Å². The van der Waals surface area contributed by atoms with Crippen LogP contribution in [0, 0.1) is 21.6 Å². The molecule has 30 heavy (non-hydrogen) atoms. The predicted molar refractivity (Wildman–Crippen MR) is 110 cm³/mol. The molecule has 0 bridgehead atoms. The van der Waals surface area contributed by atoms with E-state index in [1.165, 1.54) is 30.1 Å². The molecule has 0 spiro atoms. The largest absolute Gasteiger partial charge is 0.494 e. The Morgan fingerprint density at radius 3 is 2.77 bits per heavy atom. The Labute approximate surface area is 173 Å². The molecule has 0 fully saturated rings. The highest BCUT2D eigenvalue weighted by Gasteiger charge is 2.19. The summed E-state index contributed by atoms with van der Waals surface area (Å²) in [4.78, 5) is 31.5. The second kappa shape index (κ2) is 11.7. The van der Waals surface area contributed by atoms with Crippen LogP contribution in [0.1, 0.15) is 20.3 Å². The number of anilines is 1. The Bertz CT molecular complexity index is 864. The van der Waals surface area contributed by atoms with E-state index < -0.39 is 17.2 Å². The number of rotatable bonds is 7. The summed E-state index contributed by atoms with van der Waals surface area (Å²) < 4.78 is 10.1. The average Bonchev–Trinajstić information content (AvgIpc) is 2.71. The highest BCUT2D eigenvalue weighted by molar-refractivity contribution is 6.03. The van der Waals surface area contributed by atoms with E-state index in [0.29, 0.717) is 12.4 Å². The third kappa shape index (κ3) is 7.15. The first kappa shape index (κ1) is 24.0. The van der Waals surface area contributed by atoms with Gasteiger partial charge in [0.1, 0.15) is 17.6 Å². The first-order valence-corrected chi connectivity index (χ1v) is 8.79. The van der Waals surface area contributed by atoms with E-state index in [0.717, 1.165) is 13.5 Å². The molecule has 1 aromatic carbocycles. The van der Waals surface area contributed by atoms with E-state index in [2.05, 4.69) is 25.4 Å². The number of benzene rings is 1. The van der Waals surface area contributed by atoms with Crippen LogP contribution in [0.15, 0.2) is 28.2 Å². The lowest BCUT2D eigenvalue weighted by atomic mass is 10.2. The molecule has 0 aliphatic heterocycles. The number of ether oxygens (including phenoxy) is 2. The SMILES string of the molecule is CCCOc1ccc([N+](=O)[O-])c(NC(=NC(C)N(C)C(N)=NC#N)NC(=O)OC)c1. The van der Waals surface area contributed by atoms with E-state index in [1.54, 1.807) is 13.1 Å². The number of nitro benzene ring substituents is 1. The van der Waals surface area contributed by atoms with E-state index in [4.69, 9.17) is 15.7 Å². The number of alkyl carbamates (subject to hydrolysis) is 1. The van der Waals surface area contributed by atoms with E-state index in [-0.39, 0.29) is 23.3 Å². The highest BCUT2D eigenvalue weighted by Crippen LogP contribution is 2.29. The number of amides is 1. The fourth-order valence-corrected chi connectivity index (χ4v) is 2.05. The van der Waals surface area contributed by atoms with Gasteiger partial charge in [-0.15, -0.1) is 4.99 Å². The van der Waals surface area contributed by atoms with Crippen molar-refractivity contribution in [2.45, 2.75) is 26.4 Å². The van der Waals surface area contributed by atoms with Gasteiger partial charge < -0.3 is 25.4 Å². The van der Waals surface area contributed by atoms with Gasteiger partial charge in [0.2, 0.25) is 18.1 Å². The maximum Gasteiger partial charge on any atom is 0.413 e. The second-order valence-corrected chi connectivity index (χ2v) is 5.82. The Hall–Kier alpha value is -4.08. The highest BCUT2D eigenvalue weighted by atomic mass is 16.6. The molecule has 4 N–H and O–H groups in total. The lowest BCUT2D eigenvalue weighted by Gasteiger charge is -2.23. The van der Waals surface area contributed by atoms with Gasteiger partial charge in [-0.05, 0) is 19.4 Å². The van der Waals surface area contributed by atoms with Crippen LogP contribution in [-0.4, -0.2) is 54.8 Å². The van der Waals surface area contributed by atoms with Crippen LogP contribution in [0.5, 0.6) is 5.75 Å². The zero-order chi connectivity index (χ0) is 22.7. The summed E-state index contributed by atoms with van der Waals surface area (Å²) in [6, 6.07) is 4.16. The van der Waals surface area contributed by atoms with Crippen LogP contribution < -0.4 is 21.1 Å². The van der Waals surface area contributed by atoms with E-state index in [1.807, 2.05) is 6.92 Å². The normalized spacial score (nSPS) is 12.4. The Kier molecular flexibility index (Phi) is 9.34. The Morgan fingerprint density at radius 1 is 1.50 bits per heavy atom. The van der Waals surface area contributed by atoms with E-state index in [9.17, 15) is 14.9 Å². The number of nitro groups is 1. The van der Waals surface area contributed by atoms with Crippen LogP contribution >= 0.6 is 0 Å².